The third kappa shape index (κ3) is 7.49. The SMILES string of the molecule is CCC(=O)NCCOS(C)(=O)=O. The third-order valence-corrected chi connectivity index (χ3v) is 1.64. The Morgan fingerprint density at radius 1 is 1.50 bits per heavy atom. The molecule has 12 heavy (non-hydrogen) atoms. The van der Waals surface area contributed by atoms with Crippen LogP contribution in [0.2, 0.25) is 0 Å². The van der Waals surface area contributed by atoms with E-state index in [-0.39, 0.29) is 19.1 Å². The van der Waals surface area contributed by atoms with E-state index in [2.05, 4.69) is 9.50 Å². The van der Waals surface area contributed by atoms with Gasteiger partial charge in [-0.2, -0.15) is 8.42 Å². The predicted molar refractivity (Wildman–Crippen MR) is 44.1 cm³/mol. The van der Waals surface area contributed by atoms with Crippen LogP contribution in [0.4, 0.5) is 0 Å². The maximum atomic E-state index is 10.6. The summed E-state index contributed by atoms with van der Waals surface area (Å²) in [5.74, 6) is -0.118. The molecular weight excluding hydrogens is 182 g/mol. The van der Waals surface area contributed by atoms with E-state index in [4.69, 9.17) is 0 Å². The van der Waals surface area contributed by atoms with E-state index in [9.17, 15) is 13.2 Å². The molecule has 0 saturated carbocycles. The van der Waals surface area contributed by atoms with E-state index in [1.165, 1.54) is 0 Å². The summed E-state index contributed by atoms with van der Waals surface area (Å²) in [6.45, 7) is 1.93. The number of rotatable bonds is 5. The molecule has 0 rings (SSSR count). The van der Waals surface area contributed by atoms with Gasteiger partial charge in [-0.3, -0.25) is 8.98 Å². The molecule has 0 bridgehead atoms. The molecule has 5 nitrogen and oxygen atoms in total. The Bertz CT molecular complexity index is 234. The number of amides is 1. The molecule has 0 atom stereocenters. The minimum atomic E-state index is -3.38. The molecule has 72 valence electrons. The summed E-state index contributed by atoms with van der Waals surface area (Å²) < 4.78 is 25.2. The Hall–Kier alpha value is -0.620. The van der Waals surface area contributed by atoms with Crippen LogP contribution < -0.4 is 5.32 Å². The van der Waals surface area contributed by atoms with Crippen molar-refractivity contribution in [1.29, 1.82) is 0 Å². The van der Waals surface area contributed by atoms with Crippen molar-refractivity contribution < 1.29 is 17.4 Å². The van der Waals surface area contributed by atoms with E-state index in [0.717, 1.165) is 6.26 Å². The van der Waals surface area contributed by atoms with E-state index in [0.29, 0.717) is 6.42 Å². The largest absolute Gasteiger partial charge is 0.354 e. The number of carbonyl (C=O) groups is 1. The molecule has 1 amide bonds. The average Bonchev–Trinajstić information content (AvgIpc) is 1.96. The molecule has 0 aromatic carbocycles. The summed E-state index contributed by atoms with van der Waals surface area (Å²) in [7, 11) is -3.38. The lowest BCUT2D eigenvalue weighted by molar-refractivity contribution is -0.120. The monoisotopic (exact) mass is 195 g/mol. The van der Waals surface area contributed by atoms with Crippen LogP contribution in [0.15, 0.2) is 0 Å². The van der Waals surface area contributed by atoms with Gasteiger partial charge < -0.3 is 5.32 Å². The molecular formula is C6H13NO4S. The van der Waals surface area contributed by atoms with Crippen LogP contribution in [0.3, 0.4) is 0 Å². The maximum absolute atomic E-state index is 10.6. The number of carbonyl (C=O) groups excluding carboxylic acids is 1. The van der Waals surface area contributed by atoms with Gasteiger partial charge in [0.1, 0.15) is 0 Å². The second-order valence-corrected chi connectivity index (χ2v) is 3.87. The molecule has 0 aliphatic rings. The Morgan fingerprint density at radius 2 is 2.08 bits per heavy atom. The topological polar surface area (TPSA) is 72.5 Å². The van der Waals surface area contributed by atoms with Gasteiger partial charge >= 0.3 is 0 Å². The lowest BCUT2D eigenvalue weighted by atomic mass is 10.4. The standard InChI is InChI=1S/C6H13NO4S/c1-3-6(8)7-4-5-11-12(2,9)10/h3-5H2,1-2H3,(H,7,8). The Morgan fingerprint density at radius 3 is 2.50 bits per heavy atom. The van der Waals surface area contributed by atoms with Crippen molar-refractivity contribution >= 4 is 16.0 Å². The molecule has 1 N–H and O–H groups in total. The third-order valence-electron chi connectivity index (χ3n) is 1.04. The van der Waals surface area contributed by atoms with Gasteiger partial charge in [-0.25, -0.2) is 0 Å². The van der Waals surface area contributed by atoms with Crippen molar-refractivity contribution in [2.24, 2.45) is 0 Å². The van der Waals surface area contributed by atoms with Gasteiger partial charge in [0.2, 0.25) is 5.91 Å². The molecule has 0 saturated heterocycles. The Labute approximate surface area is 72.2 Å². The van der Waals surface area contributed by atoms with Crippen molar-refractivity contribution in [2.75, 3.05) is 19.4 Å². The van der Waals surface area contributed by atoms with Crippen LogP contribution in [0.1, 0.15) is 13.3 Å². The lowest BCUT2D eigenvalue weighted by Gasteiger charge is -2.02. The van der Waals surface area contributed by atoms with Crippen molar-refractivity contribution in [3.63, 3.8) is 0 Å². The fourth-order valence-electron chi connectivity index (χ4n) is 0.508. The number of hydrogen-bond donors (Lipinski definition) is 1. The van der Waals surface area contributed by atoms with Crippen LogP contribution in [-0.2, 0) is 19.1 Å². The van der Waals surface area contributed by atoms with Gasteiger partial charge in [0.15, 0.2) is 0 Å². The molecule has 0 fully saturated rings. The van der Waals surface area contributed by atoms with Crippen LogP contribution in [0.25, 0.3) is 0 Å². The van der Waals surface area contributed by atoms with E-state index in [1.54, 1.807) is 6.92 Å². The van der Waals surface area contributed by atoms with E-state index < -0.39 is 10.1 Å². The fourth-order valence-corrected chi connectivity index (χ4v) is 0.895. The Kier molecular flexibility index (Phi) is 4.84. The molecule has 0 spiro atoms. The van der Waals surface area contributed by atoms with Crippen molar-refractivity contribution in [1.82, 2.24) is 5.32 Å². The molecule has 0 aromatic rings. The van der Waals surface area contributed by atoms with Gasteiger partial charge in [-0.15, -0.1) is 0 Å². The van der Waals surface area contributed by atoms with Crippen LogP contribution in [-0.4, -0.2) is 33.7 Å². The zero-order chi connectivity index (χ0) is 9.61. The maximum Gasteiger partial charge on any atom is 0.264 e. The first kappa shape index (κ1) is 11.4. The van der Waals surface area contributed by atoms with Gasteiger partial charge in [0.05, 0.1) is 12.9 Å². The first-order valence-electron chi connectivity index (χ1n) is 3.57. The molecule has 6 heteroatoms. The van der Waals surface area contributed by atoms with E-state index >= 15 is 0 Å². The molecule has 0 unspecified atom stereocenters. The van der Waals surface area contributed by atoms with Crippen molar-refractivity contribution in [3.8, 4) is 0 Å². The normalized spacial score (nSPS) is 11.2. The highest BCUT2D eigenvalue weighted by Crippen LogP contribution is 1.84. The van der Waals surface area contributed by atoms with Gasteiger partial charge in [0, 0.05) is 13.0 Å². The van der Waals surface area contributed by atoms with Crippen LogP contribution in [0, 0.1) is 0 Å². The minimum absolute atomic E-state index is 0.00935. The minimum Gasteiger partial charge on any atom is -0.354 e. The van der Waals surface area contributed by atoms with Crippen LogP contribution >= 0.6 is 0 Å². The van der Waals surface area contributed by atoms with Gasteiger partial charge in [-0.1, -0.05) is 6.92 Å². The lowest BCUT2D eigenvalue weighted by Crippen LogP contribution is -2.27. The molecule has 0 radical (unpaired) electrons. The highest BCUT2D eigenvalue weighted by molar-refractivity contribution is 7.85. The molecule has 0 heterocycles. The van der Waals surface area contributed by atoms with Crippen molar-refractivity contribution in [2.45, 2.75) is 13.3 Å². The zero-order valence-electron chi connectivity index (χ0n) is 7.16. The van der Waals surface area contributed by atoms with Crippen molar-refractivity contribution in [3.05, 3.63) is 0 Å². The second-order valence-electron chi connectivity index (χ2n) is 2.23. The zero-order valence-corrected chi connectivity index (χ0v) is 7.98. The summed E-state index contributed by atoms with van der Waals surface area (Å²) in [5, 5.41) is 2.48. The Balaban J connectivity index is 3.40. The fraction of sp³-hybridized carbons (Fsp3) is 0.833. The van der Waals surface area contributed by atoms with Gasteiger partial charge in [-0.05, 0) is 0 Å². The quantitative estimate of drug-likeness (QED) is 0.473. The number of nitrogens with one attached hydrogen (secondary N) is 1. The average molecular weight is 195 g/mol. The first-order valence-corrected chi connectivity index (χ1v) is 5.38. The summed E-state index contributed by atoms with van der Waals surface area (Å²) >= 11 is 0. The summed E-state index contributed by atoms with van der Waals surface area (Å²) in [6.07, 6.45) is 1.35. The molecule has 0 aliphatic heterocycles. The highest BCUT2D eigenvalue weighted by atomic mass is 32.2. The summed E-state index contributed by atoms with van der Waals surface area (Å²) in [6, 6.07) is 0. The van der Waals surface area contributed by atoms with Gasteiger partial charge in [0.25, 0.3) is 10.1 Å². The number of hydrogen-bond acceptors (Lipinski definition) is 4. The van der Waals surface area contributed by atoms with E-state index in [1.807, 2.05) is 0 Å². The summed E-state index contributed by atoms with van der Waals surface area (Å²) in [5.41, 5.74) is 0. The summed E-state index contributed by atoms with van der Waals surface area (Å²) in [4.78, 5) is 10.6. The molecule has 0 aliphatic carbocycles. The highest BCUT2D eigenvalue weighted by Gasteiger charge is 2.01. The second kappa shape index (κ2) is 5.10. The predicted octanol–water partition coefficient (Wildman–Crippen LogP) is -0.511. The van der Waals surface area contributed by atoms with Crippen LogP contribution in [0.5, 0.6) is 0 Å². The first-order chi connectivity index (χ1) is 5.45. The molecule has 0 aromatic heterocycles. The smallest absolute Gasteiger partial charge is 0.264 e.